The molecule has 0 aliphatic carbocycles. The van der Waals surface area contributed by atoms with Gasteiger partial charge in [-0.3, -0.25) is 0 Å². The van der Waals surface area contributed by atoms with Crippen LogP contribution >= 0.6 is 0 Å². The van der Waals surface area contributed by atoms with E-state index in [4.69, 9.17) is 4.42 Å². The Morgan fingerprint density at radius 3 is 1.70 bits per heavy atom. The number of furan rings is 1. The second kappa shape index (κ2) is 12.2. The fourth-order valence-corrected chi connectivity index (χ4v) is 8.63. The quantitative estimate of drug-likeness (QED) is 0.178. The van der Waals surface area contributed by atoms with E-state index in [2.05, 4.69) is 129 Å². The highest BCUT2D eigenvalue weighted by atomic mass is 16.3. The molecule has 0 saturated heterocycles. The van der Waals surface area contributed by atoms with Gasteiger partial charge in [0.15, 0.2) is 0 Å². The maximum atomic E-state index is 10.8. The summed E-state index contributed by atoms with van der Waals surface area (Å²) in [6, 6.07) is 64.4. The Kier molecular flexibility index (Phi) is 6.88. The lowest BCUT2D eigenvalue weighted by Crippen LogP contribution is -2.16. The number of rotatable bonds is 5. The Hall–Kier alpha value is -8.06. The lowest BCUT2D eigenvalue weighted by atomic mass is 10.0. The van der Waals surface area contributed by atoms with Crippen molar-refractivity contribution >= 4 is 82.6 Å². The van der Waals surface area contributed by atoms with Crippen molar-refractivity contribution in [2.75, 3.05) is 4.90 Å². The van der Waals surface area contributed by atoms with Gasteiger partial charge in [-0.15, -0.1) is 0 Å². The molecular weight excluding hydrogens is 687 g/mol. The molecule has 11 rings (SSSR count). The zero-order valence-corrected chi connectivity index (χ0v) is 29.9. The number of anilines is 3. The van der Waals surface area contributed by atoms with E-state index in [0.29, 0.717) is 22.5 Å². The predicted octanol–water partition coefficient (Wildman–Crippen LogP) is 13.0. The number of hydrogen-bond acceptors (Lipinski definition) is 4. The maximum Gasteiger partial charge on any atom is 0.145 e. The molecule has 0 N–H and O–H groups in total. The molecule has 0 aliphatic rings. The molecule has 0 unspecified atom stereocenters. The van der Waals surface area contributed by atoms with Crippen molar-refractivity contribution in [3.8, 4) is 23.5 Å². The van der Waals surface area contributed by atoms with Crippen LogP contribution in [-0.4, -0.2) is 9.13 Å². The first-order chi connectivity index (χ1) is 27.7. The lowest BCUT2D eigenvalue weighted by molar-refractivity contribution is 0.673. The summed E-state index contributed by atoms with van der Waals surface area (Å²) in [4.78, 5) is 2.09. The van der Waals surface area contributed by atoms with Crippen molar-refractivity contribution in [1.82, 2.24) is 9.13 Å². The fourth-order valence-electron chi connectivity index (χ4n) is 8.63. The van der Waals surface area contributed by atoms with E-state index in [1.54, 1.807) is 12.1 Å². The van der Waals surface area contributed by atoms with Crippen LogP contribution in [0.3, 0.4) is 0 Å². The minimum atomic E-state index is 0.435. The Balaban J connectivity index is 1.21. The zero-order chi connectivity index (χ0) is 37.3. The number of nitrogens with zero attached hydrogens (tertiary/aromatic N) is 5. The third kappa shape index (κ3) is 4.48. The van der Waals surface area contributed by atoms with Gasteiger partial charge in [0.2, 0.25) is 0 Å². The molecule has 3 aromatic heterocycles. The average Bonchev–Trinajstić information content (AvgIpc) is 3.92. The standard InChI is InChI=1S/C50H29N5O/c51-30-32-23-24-33(31-52)49(55-42-20-10-7-17-37(42)38-18-8-11-21-43(38)55)48(32)53(34-13-3-1-4-14-34)36-25-26-39-40-27-28-45-47(50(40)56-46(39)29-36)41-19-9-12-22-44(41)54(45)35-15-5-2-6-16-35/h1-29H. The smallest absolute Gasteiger partial charge is 0.145 e. The molecule has 0 fully saturated rings. The molecule has 6 nitrogen and oxygen atoms in total. The third-order valence-corrected chi connectivity index (χ3v) is 11.0. The van der Waals surface area contributed by atoms with Crippen molar-refractivity contribution in [2.45, 2.75) is 0 Å². The van der Waals surface area contributed by atoms with Gasteiger partial charge in [0.1, 0.15) is 23.3 Å². The summed E-state index contributed by atoms with van der Waals surface area (Å²) in [7, 11) is 0. The minimum Gasteiger partial charge on any atom is -0.455 e. The van der Waals surface area contributed by atoms with Gasteiger partial charge in [0.05, 0.1) is 55.6 Å². The molecule has 6 heteroatoms. The summed E-state index contributed by atoms with van der Waals surface area (Å²) in [6.07, 6.45) is 0. The molecule has 0 aliphatic heterocycles. The summed E-state index contributed by atoms with van der Waals surface area (Å²) in [6.45, 7) is 0. The molecule has 8 aromatic carbocycles. The van der Waals surface area contributed by atoms with Crippen LogP contribution in [0.5, 0.6) is 0 Å². The van der Waals surface area contributed by atoms with Crippen LogP contribution in [0.1, 0.15) is 11.1 Å². The highest BCUT2D eigenvalue weighted by molar-refractivity contribution is 6.24. The number of benzene rings is 8. The highest BCUT2D eigenvalue weighted by Gasteiger charge is 2.27. The van der Waals surface area contributed by atoms with Crippen LogP contribution in [0.2, 0.25) is 0 Å². The van der Waals surface area contributed by atoms with Crippen LogP contribution in [0.4, 0.5) is 17.1 Å². The van der Waals surface area contributed by atoms with Crippen LogP contribution in [-0.2, 0) is 0 Å². The van der Waals surface area contributed by atoms with E-state index in [9.17, 15) is 10.5 Å². The first-order valence-corrected chi connectivity index (χ1v) is 18.5. The molecule has 0 bridgehead atoms. The Labute approximate surface area is 321 Å². The second-order valence-corrected chi connectivity index (χ2v) is 13.9. The van der Waals surface area contributed by atoms with Gasteiger partial charge in [-0.2, -0.15) is 10.5 Å². The van der Waals surface area contributed by atoms with Crippen LogP contribution in [0.15, 0.2) is 180 Å². The van der Waals surface area contributed by atoms with E-state index >= 15 is 0 Å². The first-order valence-electron chi connectivity index (χ1n) is 18.5. The van der Waals surface area contributed by atoms with Gasteiger partial charge in [-0.05, 0) is 78.9 Å². The molecule has 56 heavy (non-hydrogen) atoms. The Morgan fingerprint density at radius 1 is 0.446 bits per heavy atom. The van der Waals surface area contributed by atoms with E-state index in [1.165, 1.54) is 0 Å². The first kappa shape index (κ1) is 31.5. The summed E-state index contributed by atoms with van der Waals surface area (Å²) in [5.74, 6) is 0. The molecule has 0 atom stereocenters. The highest BCUT2D eigenvalue weighted by Crippen LogP contribution is 2.47. The summed E-state index contributed by atoms with van der Waals surface area (Å²) < 4.78 is 11.4. The zero-order valence-electron chi connectivity index (χ0n) is 29.9. The number of aromatic nitrogens is 2. The van der Waals surface area contributed by atoms with Gasteiger partial charge in [0, 0.05) is 44.4 Å². The monoisotopic (exact) mass is 715 g/mol. The van der Waals surface area contributed by atoms with Gasteiger partial charge in [0.25, 0.3) is 0 Å². The van der Waals surface area contributed by atoms with Gasteiger partial charge < -0.3 is 18.5 Å². The largest absolute Gasteiger partial charge is 0.455 e. The fraction of sp³-hybridized carbons (Fsp3) is 0. The number of fused-ring (bicyclic) bond motifs is 10. The SMILES string of the molecule is N#Cc1ccc(C#N)c(-n2c3ccccc3c3ccccc32)c1N(c1ccccc1)c1ccc2c(c1)oc1c2ccc2c1c1ccccc1n2-c1ccccc1. The van der Waals surface area contributed by atoms with E-state index in [1.807, 2.05) is 60.7 Å². The predicted molar refractivity (Wildman–Crippen MR) is 227 cm³/mol. The van der Waals surface area contributed by atoms with Crippen molar-refractivity contribution < 1.29 is 4.42 Å². The molecule has 11 aromatic rings. The average molecular weight is 716 g/mol. The normalized spacial score (nSPS) is 11.5. The summed E-state index contributed by atoms with van der Waals surface area (Å²) in [5.41, 5.74) is 10.4. The second-order valence-electron chi connectivity index (χ2n) is 13.9. The van der Waals surface area contributed by atoms with E-state index in [0.717, 1.165) is 82.6 Å². The van der Waals surface area contributed by atoms with Gasteiger partial charge in [-0.1, -0.05) is 91.0 Å². The third-order valence-electron chi connectivity index (χ3n) is 11.0. The van der Waals surface area contributed by atoms with E-state index < -0.39 is 0 Å². The van der Waals surface area contributed by atoms with Crippen molar-refractivity contribution in [3.05, 3.63) is 187 Å². The molecular formula is C50H29N5O. The Morgan fingerprint density at radius 2 is 1.02 bits per heavy atom. The van der Waals surface area contributed by atoms with Crippen molar-refractivity contribution in [1.29, 1.82) is 10.5 Å². The van der Waals surface area contributed by atoms with Gasteiger partial charge in [-0.25, -0.2) is 0 Å². The molecule has 3 heterocycles. The maximum absolute atomic E-state index is 10.8. The number of hydrogen-bond donors (Lipinski definition) is 0. The number of para-hydroxylation sites is 5. The molecule has 0 saturated carbocycles. The summed E-state index contributed by atoms with van der Waals surface area (Å²) >= 11 is 0. The molecule has 0 radical (unpaired) electrons. The molecule has 260 valence electrons. The van der Waals surface area contributed by atoms with Crippen LogP contribution in [0, 0.1) is 22.7 Å². The lowest BCUT2D eigenvalue weighted by Gasteiger charge is -2.29. The van der Waals surface area contributed by atoms with Crippen molar-refractivity contribution in [3.63, 3.8) is 0 Å². The topological polar surface area (TPSA) is 73.8 Å². The van der Waals surface area contributed by atoms with Crippen LogP contribution in [0.25, 0.3) is 76.9 Å². The summed E-state index contributed by atoms with van der Waals surface area (Å²) in [5, 5.41) is 27.9. The van der Waals surface area contributed by atoms with E-state index in [-0.39, 0.29) is 0 Å². The van der Waals surface area contributed by atoms with Gasteiger partial charge >= 0.3 is 0 Å². The molecule has 0 spiro atoms. The number of nitriles is 2. The molecule has 0 amide bonds. The van der Waals surface area contributed by atoms with Crippen molar-refractivity contribution in [2.24, 2.45) is 0 Å². The Bertz CT molecular complexity index is 3400. The van der Waals surface area contributed by atoms with Crippen LogP contribution < -0.4 is 4.90 Å². The minimum absolute atomic E-state index is 0.435.